The van der Waals surface area contributed by atoms with Crippen molar-refractivity contribution < 1.29 is 9.53 Å². The van der Waals surface area contributed by atoms with Crippen molar-refractivity contribution in [2.45, 2.75) is 39.3 Å². The lowest BCUT2D eigenvalue weighted by atomic mass is 10.0. The van der Waals surface area contributed by atoms with Crippen molar-refractivity contribution in [2.24, 2.45) is 0 Å². The summed E-state index contributed by atoms with van der Waals surface area (Å²) < 4.78 is 6.67. The number of rotatable bonds is 1. The number of hydrogen-bond donors (Lipinski definition) is 1. The summed E-state index contributed by atoms with van der Waals surface area (Å²) in [4.78, 5) is 14.1. The Hall–Kier alpha value is -1.57. The summed E-state index contributed by atoms with van der Waals surface area (Å²) in [7, 11) is 0. The number of halogens is 1. The van der Waals surface area contributed by atoms with Gasteiger partial charge in [0.2, 0.25) is 0 Å². The van der Waals surface area contributed by atoms with Crippen molar-refractivity contribution in [3.8, 4) is 11.3 Å². The molecule has 1 aliphatic rings. The van der Waals surface area contributed by atoms with Gasteiger partial charge in [-0.3, -0.25) is 5.10 Å². The van der Waals surface area contributed by atoms with Gasteiger partial charge in [-0.15, -0.1) is 0 Å². The first kappa shape index (κ1) is 16.3. The Labute approximate surface area is 149 Å². The molecule has 0 unspecified atom stereocenters. The Balaban J connectivity index is 1.84. The molecule has 0 aliphatic carbocycles. The van der Waals surface area contributed by atoms with Gasteiger partial charge in [0.05, 0.1) is 12.2 Å². The zero-order valence-corrected chi connectivity index (χ0v) is 15.7. The highest BCUT2D eigenvalue weighted by molar-refractivity contribution is 14.1. The molecule has 0 saturated carbocycles. The molecule has 2 aromatic rings. The monoisotopic (exact) mass is 425 g/mol. The molecule has 122 valence electrons. The summed E-state index contributed by atoms with van der Waals surface area (Å²) in [6, 6.07) is 8.24. The average molecular weight is 425 g/mol. The molecule has 3 rings (SSSR count). The number of fused-ring (bicyclic) bond motifs is 1. The summed E-state index contributed by atoms with van der Waals surface area (Å²) in [5, 5.41) is 7.58. The lowest BCUT2D eigenvalue weighted by molar-refractivity contribution is 0.0224. The SMILES string of the molecule is CC(C)(C)OC(=O)N1CCc2[nH]nc(-c3ccc(I)cc3)c2C1. The average Bonchev–Trinajstić information content (AvgIpc) is 2.89. The van der Waals surface area contributed by atoms with Crippen molar-refractivity contribution in [1.82, 2.24) is 15.1 Å². The van der Waals surface area contributed by atoms with Crippen LogP contribution in [0.25, 0.3) is 11.3 Å². The van der Waals surface area contributed by atoms with Crippen LogP contribution in [-0.4, -0.2) is 33.3 Å². The molecule has 0 atom stereocenters. The van der Waals surface area contributed by atoms with Gasteiger partial charge in [0.25, 0.3) is 0 Å². The van der Waals surface area contributed by atoms with E-state index in [1.165, 1.54) is 3.57 Å². The molecule has 0 spiro atoms. The van der Waals surface area contributed by atoms with E-state index in [4.69, 9.17) is 4.74 Å². The van der Waals surface area contributed by atoms with Crippen LogP contribution in [0.2, 0.25) is 0 Å². The van der Waals surface area contributed by atoms with Crippen LogP contribution in [0, 0.1) is 3.57 Å². The molecule has 1 amide bonds. The lowest BCUT2D eigenvalue weighted by Crippen LogP contribution is -2.39. The molecule has 1 aromatic heterocycles. The highest BCUT2D eigenvalue weighted by atomic mass is 127. The minimum absolute atomic E-state index is 0.266. The Bertz CT molecular complexity index is 716. The number of hydrogen-bond acceptors (Lipinski definition) is 3. The molecular formula is C17H20IN3O2. The number of carbonyl (C=O) groups is 1. The summed E-state index contributed by atoms with van der Waals surface area (Å²) in [5.74, 6) is 0. The number of aromatic nitrogens is 2. The molecule has 0 bridgehead atoms. The fourth-order valence-corrected chi connectivity index (χ4v) is 2.98. The molecule has 23 heavy (non-hydrogen) atoms. The van der Waals surface area contributed by atoms with Gasteiger partial charge in [-0.05, 0) is 55.5 Å². The van der Waals surface area contributed by atoms with E-state index in [0.29, 0.717) is 13.1 Å². The van der Waals surface area contributed by atoms with Crippen LogP contribution < -0.4 is 0 Å². The number of carbonyl (C=O) groups excluding carboxylic acids is 1. The third kappa shape index (κ3) is 3.68. The summed E-state index contributed by atoms with van der Waals surface area (Å²) in [6.45, 7) is 6.83. The van der Waals surface area contributed by atoms with Gasteiger partial charge in [-0.2, -0.15) is 5.10 Å². The van der Waals surface area contributed by atoms with E-state index in [0.717, 1.165) is 28.9 Å². The molecule has 1 aliphatic heterocycles. The van der Waals surface area contributed by atoms with Crippen molar-refractivity contribution in [2.75, 3.05) is 6.54 Å². The number of H-pyrrole nitrogens is 1. The van der Waals surface area contributed by atoms with Crippen molar-refractivity contribution in [3.63, 3.8) is 0 Å². The van der Waals surface area contributed by atoms with Crippen LogP contribution in [0.1, 0.15) is 32.0 Å². The first-order chi connectivity index (χ1) is 10.8. The van der Waals surface area contributed by atoms with Crippen LogP contribution >= 0.6 is 22.6 Å². The normalized spacial score (nSPS) is 14.5. The number of nitrogens with zero attached hydrogens (tertiary/aromatic N) is 2. The molecule has 0 fully saturated rings. The molecule has 0 radical (unpaired) electrons. The van der Waals surface area contributed by atoms with Gasteiger partial charge in [0, 0.05) is 33.4 Å². The molecule has 5 nitrogen and oxygen atoms in total. The number of aromatic amines is 1. The van der Waals surface area contributed by atoms with E-state index in [1.54, 1.807) is 4.90 Å². The van der Waals surface area contributed by atoms with Gasteiger partial charge < -0.3 is 9.64 Å². The van der Waals surface area contributed by atoms with Gasteiger partial charge in [-0.1, -0.05) is 12.1 Å². The second kappa shape index (κ2) is 6.14. The van der Waals surface area contributed by atoms with E-state index in [-0.39, 0.29) is 6.09 Å². The van der Waals surface area contributed by atoms with E-state index >= 15 is 0 Å². The van der Waals surface area contributed by atoms with Crippen LogP contribution in [0.3, 0.4) is 0 Å². The third-order valence-corrected chi connectivity index (χ3v) is 4.42. The van der Waals surface area contributed by atoms with Crippen LogP contribution in [0.15, 0.2) is 24.3 Å². The number of nitrogens with one attached hydrogen (secondary N) is 1. The zero-order valence-electron chi connectivity index (χ0n) is 13.5. The highest BCUT2D eigenvalue weighted by Gasteiger charge is 2.28. The maximum absolute atomic E-state index is 12.3. The Morgan fingerprint density at radius 2 is 2.00 bits per heavy atom. The Kier molecular flexibility index (Phi) is 4.35. The van der Waals surface area contributed by atoms with E-state index in [2.05, 4.69) is 57.1 Å². The van der Waals surface area contributed by atoms with Gasteiger partial charge in [0.15, 0.2) is 0 Å². The van der Waals surface area contributed by atoms with Crippen molar-refractivity contribution in [1.29, 1.82) is 0 Å². The van der Waals surface area contributed by atoms with E-state index in [9.17, 15) is 4.79 Å². The highest BCUT2D eigenvalue weighted by Crippen LogP contribution is 2.29. The lowest BCUT2D eigenvalue weighted by Gasteiger charge is -2.30. The number of amides is 1. The van der Waals surface area contributed by atoms with E-state index in [1.807, 2.05) is 20.8 Å². The van der Waals surface area contributed by atoms with E-state index < -0.39 is 5.60 Å². The summed E-state index contributed by atoms with van der Waals surface area (Å²) >= 11 is 2.28. The standard InChI is InChI=1S/C17H20IN3O2/c1-17(2,3)23-16(22)21-9-8-14-13(10-21)15(20-19-14)11-4-6-12(18)7-5-11/h4-7H,8-10H2,1-3H3,(H,19,20). The zero-order chi connectivity index (χ0) is 16.6. The molecule has 1 N–H and O–H groups in total. The maximum atomic E-state index is 12.3. The molecule has 2 heterocycles. The van der Waals surface area contributed by atoms with Crippen LogP contribution in [0.4, 0.5) is 4.79 Å². The second-order valence-electron chi connectivity index (χ2n) is 6.69. The largest absolute Gasteiger partial charge is 0.444 e. The van der Waals surface area contributed by atoms with Crippen LogP contribution in [-0.2, 0) is 17.7 Å². The predicted molar refractivity (Wildman–Crippen MR) is 97.1 cm³/mol. The van der Waals surface area contributed by atoms with Gasteiger partial charge >= 0.3 is 6.09 Å². The topological polar surface area (TPSA) is 58.2 Å². The fourth-order valence-electron chi connectivity index (χ4n) is 2.62. The van der Waals surface area contributed by atoms with Crippen LogP contribution in [0.5, 0.6) is 0 Å². The quantitative estimate of drug-likeness (QED) is 0.704. The first-order valence-corrected chi connectivity index (χ1v) is 8.71. The minimum Gasteiger partial charge on any atom is -0.444 e. The van der Waals surface area contributed by atoms with Crippen molar-refractivity contribution in [3.05, 3.63) is 39.1 Å². The van der Waals surface area contributed by atoms with Gasteiger partial charge in [0.1, 0.15) is 5.60 Å². The third-order valence-electron chi connectivity index (χ3n) is 3.70. The molecule has 6 heteroatoms. The van der Waals surface area contributed by atoms with Gasteiger partial charge in [-0.25, -0.2) is 4.79 Å². The predicted octanol–water partition coefficient (Wildman–Crippen LogP) is 3.97. The number of ether oxygens (including phenoxy) is 1. The summed E-state index contributed by atoms with van der Waals surface area (Å²) in [5.41, 5.74) is 3.70. The Morgan fingerprint density at radius 3 is 2.65 bits per heavy atom. The minimum atomic E-state index is -0.479. The molecule has 1 aromatic carbocycles. The summed E-state index contributed by atoms with van der Waals surface area (Å²) in [6.07, 6.45) is 0.504. The molecular weight excluding hydrogens is 405 g/mol. The molecule has 0 saturated heterocycles. The maximum Gasteiger partial charge on any atom is 0.410 e. The number of benzene rings is 1. The second-order valence-corrected chi connectivity index (χ2v) is 7.93. The smallest absolute Gasteiger partial charge is 0.410 e. The first-order valence-electron chi connectivity index (χ1n) is 7.63. The van der Waals surface area contributed by atoms with Crippen molar-refractivity contribution >= 4 is 28.7 Å². The Morgan fingerprint density at radius 1 is 1.30 bits per heavy atom. The fraction of sp³-hybridized carbons (Fsp3) is 0.412.